The molecule has 2 heterocycles. The van der Waals surface area contributed by atoms with Gasteiger partial charge in [-0.15, -0.1) is 0 Å². The summed E-state index contributed by atoms with van der Waals surface area (Å²) in [5.41, 5.74) is 5.08. The number of benzene rings is 2. The van der Waals surface area contributed by atoms with Crippen molar-refractivity contribution in [1.29, 1.82) is 0 Å². The predicted octanol–water partition coefficient (Wildman–Crippen LogP) is 3.42. The number of anilines is 1. The molecule has 0 spiro atoms. The molecule has 0 aliphatic carbocycles. The number of hydrogen-bond donors (Lipinski definition) is 2. The Morgan fingerprint density at radius 2 is 2.00 bits per heavy atom. The third-order valence-electron chi connectivity index (χ3n) is 5.47. The number of aromatic nitrogens is 2. The molecular weight excluding hydrogens is 364 g/mol. The first-order valence-corrected chi connectivity index (χ1v) is 10.1. The number of imidazole rings is 1. The summed E-state index contributed by atoms with van der Waals surface area (Å²) in [7, 11) is 0. The zero-order valence-corrected chi connectivity index (χ0v) is 16.9. The molecule has 4 rings (SSSR count). The van der Waals surface area contributed by atoms with Crippen molar-refractivity contribution in [2.24, 2.45) is 0 Å². The third kappa shape index (κ3) is 4.16. The standard InChI is InChI=1S/C23H26N4O2/c1-15-8-10-17(11-9-15)27-14-4-7-19(23(27)29)25-21(28)13-12-20-24-18-6-3-5-16(2)22(18)26-20/h3,5-6,8-11,19H,4,7,12-14H2,1-2H3,(H,24,26)(H,25,28). The van der Waals surface area contributed by atoms with Gasteiger partial charge in [0, 0.05) is 25.1 Å². The molecule has 0 bridgehead atoms. The molecule has 3 aromatic rings. The first-order valence-electron chi connectivity index (χ1n) is 10.1. The summed E-state index contributed by atoms with van der Waals surface area (Å²) in [6, 6.07) is 13.5. The van der Waals surface area contributed by atoms with Crippen molar-refractivity contribution in [2.75, 3.05) is 11.4 Å². The lowest BCUT2D eigenvalue weighted by atomic mass is 10.0. The second-order valence-electron chi connectivity index (χ2n) is 7.74. The van der Waals surface area contributed by atoms with Gasteiger partial charge in [0.25, 0.3) is 0 Å². The molecule has 1 aliphatic heterocycles. The number of H-pyrrole nitrogens is 1. The predicted molar refractivity (Wildman–Crippen MR) is 114 cm³/mol. The SMILES string of the molecule is Cc1ccc(N2CCCC(NC(=O)CCc3nc4c(C)cccc4[nH]3)C2=O)cc1. The molecule has 0 radical (unpaired) electrons. The Balaban J connectivity index is 1.36. The maximum Gasteiger partial charge on any atom is 0.249 e. The molecule has 1 aromatic heterocycles. The van der Waals surface area contributed by atoms with Crippen LogP contribution in [0.3, 0.4) is 0 Å². The fourth-order valence-corrected chi connectivity index (χ4v) is 3.83. The summed E-state index contributed by atoms with van der Waals surface area (Å²) in [5.74, 6) is 0.639. The highest BCUT2D eigenvalue weighted by molar-refractivity contribution is 5.99. The molecule has 29 heavy (non-hydrogen) atoms. The van der Waals surface area contributed by atoms with Crippen LogP contribution in [0.15, 0.2) is 42.5 Å². The van der Waals surface area contributed by atoms with Crippen molar-refractivity contribution >= 4 is 28.5 Å². The normalized spacial score (nSPS) is 17.0. The van der Waals surface area contributed by atoms with E-state index in [4.69, 9.17) is 0 Å². The summed E-state index contributed by atoms with van der Waals surface area (Å²) in [6.07, 6.45) is 2.36. The minimum Gasteiger partial charge on any atom is -0.344 e. The first-order chi connectivity index (χ1) is 14.0. The van der Waals surface area contributed by atoms with Crippen LogP contribution < -0.4 is 10.2 Å². The van der Waals surface area contributed by atoms with E-state index >= 15 is 0 Å². The lowest BCUT2D eigenvalue weighted by molar-refractivity contribution is -0.128. The van der Waals surface area contributed by atoms with Gasteiger partial charge in [-0.1, -0.05) is 29.8 Å². The summed E-state index contributed by atoms with van der Waals surface area (Å²) < 4.78 is 0. The lowest BCUT2D eigenvalue weighted by Gasteiger charge is -2.32. The second-order valence-corrected chi connectivity index (χ2v) is 7.74. The van der Waals surface area contributed by atoms with E-state index in [1.807, 2.05) is 56.3 Å². The lowest BCUT2D eigenvalue weighted by Crippen LogP contribution is -2.52. The number of para-hydroxylation sites is 1. The number of aryl methyl sites for hydroxylation is 3. The molecule has 2 aromatic carbocycles. The summed E-state index contributed by atoms with van der Waals surface area (Å²) in [4.78, 5) is 35.0. The molecule has 150 valence electrons. The molecule has 1 fully saturated rings. The van der Waals surface area contributed by atoms with Crippen LogP contribution in [0.25, 0.3) is 11.0 Å². The smallest absolute Gasteiger partial charge is 0.249 e. The molecule has 1 atom stereocenters. The first kappa shape index (κ1) is 19.2. The van der Waals surface area contributed by atoms with Gasteiger partial charge in [-0.2, -0.15) is 0 Å². The molecule has 1 aliphatic rings. The van der Waals surface area contributed by atoms with Crippen LogP contribution in [-0.4, -0.2) is 34.4 Å². The molecule has 2 amide bonds. The highest BCUT2D eigenvalue weighted by atomic mass is 16.2. The number of nitrogens with zero attached hydrogens (tertiary/aromatic N) is 2. The van der Waals surface area contributed by atoms with Crippen molar-refractivity contribution in [1.82, 2.24) is 15.3 Å². The Kier molecular flexibility index (Phi) is 5.34. The monoisotopic (exact) mass is 390 g/mol. The number of carbonyl (C=O) groups excluding carboxylic acids is 2. The van der Waals surface area contributed by atoms with Gasteiger partial charge in [0.15, 0.2) is 0 Å². The van der Waals surface area contributed by atoms with Gasteiger partial charge in [0.1, 0.15) is 11.9 Å². The Morgan fingerprint density at radius 3 is 2.76 bits per heavy atom. The van der Waals surface area contributed by atoms with Gasteiger partial charge in [-0.25, -0.2) is 4.98 Å². The average Bonchev–Trinajstić information content (AvgIpc) is 3.14. The Hall–Kier alpha value is -3.15. The fourth-order valence-electron chi connectivity index (χ4n) is 3.83. The second kappa shape index (κ2) is 8.07. The van der Waals surface area contributed by atoms with Crippen molar-refractivity contribution in [3.63, 3.8) is 0 Å². The minimum atomic E-state index is -0.463. The van der Waals surface area contributed by atoms with E-state index in [-0.39, 0.29) is 11.8 Å². The van der Waals surface area contributed by atoms with E-state index in [9.17, 15) is 9.59 Å². The topological polar surface area (TPSA) is 78.1 Å². The zero-order valence-electron chi connectivity index (χ0n) is 16.9. The van der Waals surface area contributed by atoms with E-state index < -0.39 is 6.04 Å². The van der Waals surface area contributed by atoms with Gasteiger partial charge < -0.3 is 15.2 Å². The Bertz CT molecular complexity index is 1040. The zero-order chi connectivity index (χ0) is 20.4. The molecule has 1 saturated heterocycles. The number of piperidine rings is 1. The number of fused-ring (bicyclic) bond motifs is 1. The highest BCUT2D eigenvalue weighted by Crippen LogP contribution is 2.22. The van der Waals surface area contributed by atoms with Crippen LogP contribution >= 0.6 is 0 Å². The molecule has 6 heteroatoms. The fraction of sp³-hybridized carbons (Fsp3) is 0.348. The Morgan fingerprint density at radius 1 is 1.21 bits per heavy atom. The van der Waals surface area contributed by atoms with Crippen LogP contribution in [0.1, 0.15) is 36.2 Å². The number of carbonyl (C=O) groups is 2. The van der Waals surface area contributed by atoms with E-state index in [0.29, 0.717) is 25.8 Å². The van der Waals surface area contributed by atoms with Crippen LogP contribution in [0.4, 0.5) is 5.69 Å². The van der Waals surface area contributed by atoms with E-state index in [1.54, 1.807) is 4.90 Å². The van der Waals surface area contributed by atoms with Crippen LogP contribution in [0.5, 0.6) is 0 Å². The maximum absolute atomic E-state index is 12.9. The number of amides is 2. The van der Waals surface area contributed by atoms with Crippen LogP contribution in [-0.2, 0) is 16.0 Å². The van der Waals surface area contributed by atoms with Gasteiger partial charge in [-0.05, 0) is 50.5 Å². The van der Waals surface area contributed by atoms with Gasteiger partial charge in [-0.3, -0.25) is 9.59 Å². The van der Waals surface area contributed by atoms with Crippen molar-refractivity contribution in [3.8, 4) is 0 Å². The van der Waals surface area contributed by atoms with E-state index in [0.717, 1.165) is 40.1 Å². The quantitative estimate of drug-likeness (QED) is 0.701. The largest absolute Gasteiger partial charge is 0.344 e. The van der Waals surface area contributed by atoms with Crippen molar-refractivity contribution in [3.05, 3.63) is 59.4 Å². The minimum absolute atomic E-state index is 0.0344. The molecule has 6 nitrogen and oxygen atoms in total. The van der Waals surface area contributed by atoms with Crippen LogP contribution in [0, 0.1) is 13.8 Å². The van der Waals surface area contributed by atoms with Gasteiger partial charge in [0.2, 0.25) is 11.8 Å². The number of rotatable bonds is 5. The Labute approximate surface area is 170 Å². The molecule has 0 saturated carbocycles. The summed E-state index contributed by atoms with van der Waals surface area (Å²) in [6.45, 7) is 4.73. The highest BCUT2D eigenvalue weighted by Gasteiger charge is 2.30. The number of aromatic amines is 1. The van der Waals surface area contributed by atoms with E-state index in [2.05, 4.69) is 15.3 Å². The van der Waals surface area contributed by atoms with Gasteiger partial charge in [0.05, 0.1) is 11.0 Å². The third-order valence-corrected chi connectivity index (χ3v) is 5.47. The number of hydrogen-bond acceptors (Lipinski definition) is 3. The van der Waals surface area contributed by atoms with Crippen molar-refractivity contribution < 1.29 is 9.59 Å². The van der Waals surface area contributed by atoms with E-state index in [1.165, 1.54) is 0 Å². The summed E-state index contributed by atoms with van der Waals surface area (Å²) in [5, 5.41) is 2.92. The molecule has 2 N–H and O–H groups in total. The summed E-state index contributed by atoms with van der Waals surface area (Å²) >= 11 is 0. The average molecular weight is 390 g/mol. The van der Waals surface area contributed by atoms with Crippen molar-refractivity contribution in [2.45, 2.75) is 45.6 Å². The molecular formula is C23H26N4O2. The number of nitrogens with one attached hydrogen (secondary N) is 2. The molecule has 1 unspecified atom stereocenters. The van der Waals surface area contributed by atoms with Crippen LogP contribution in [0.2, 0.25) is 0 Å². The van der Waals surface area contributed by atoms with Gasteiger partial charge >= 0.3 is 0 Å². The maximum atomic E-state index is 12.9.